The van der Waals surface area contributed by atoms with Gasteiger partial charge >= 0.3 is 0 Å². The third-order valence-electron chi connectivity index (χ3n) is 5.57. The van der Waals surface area contributed by atoms with Gasteiger partial charge < -0.3 is 0 Å². The van der Waals surface area contributed by atoms with Crippen LogP contribution in [0.5, 0.6) is 0 Å². The van der Waals surface area contributed by atoms with E-state index in [1.807, 2.05) is 36.4 Å². The highest BCUT2D eigenvalue weighted by molar-refractivity contribution is 7.26. The summed E-state index contributed by atoms with van der Waals surface area (Å²) in [6, 6.07) is 35.1. The van der Waals surface area contributed by atoms with E-state index in [2.05, 4.69) is 66.7 Å². The minimum atomic E-state index is 0.738. The van der Waals surface area contributed by atoms with Crippen molar-refractivity contribution in [2.75, 3.05) is 0 Å². The van der Waals surface area contributed by atoms with Gasteiger partial charge in [-0.1, -0.05) is 96.5 Å². The summed E-state index contributed by atoms with van der Waals surface area (Å²) < 4.78 is 2.33. The van der Waals surface area contributed by atoms with Crippen LogP contribution in [0.25, 0.3) is 54.1 Å². The van der Waals surface area contributed by atoms with Gasteiger partial charge in [-0.25, -0.2) is 9.97 Å². The first-order chi connectivity index (χ1) is 15.8. The van der Waals surface area contributed by atoms with Crippen LogP contribution in [-0.4, -0.2) is 9.97 Å². The van der Waals surface area contributed by atoms with Crippen molar-refractivity contribution in [2.24, 2.45) is 0 Å². The van der Waals surface area contributed by atoms with Gasteiger partial charge in [-0.2, -0.15) is 0 Å². The van der Waals surface area contributed by atoms with Crippen molar-refractivity contribution in [3.05, 3.63) is 108 Å². The predicted octanol–water partition coefficient (Wildman–Crippen LogP) is 8.50. The Morgan fingerprint density at radius 3 is 2.12 bits per heavy atom. The van der Waals surface area contributed by atoms with Crippen molar-refractivity contribution in [2.45, 2.75) is 0 Å². The molecule has 0 saturated carbocycles. The molecule has 0 spiro atoms. The fraction of sp³-hybridized carbons (Fsp3) is 0. The van der Waals surface area contributed by atoms with Gasteiger partial charge in [0.25, 0.3) is 0 Å². The molecule has 2 heterocycles. The van der Waals surface area contributed by atoms with Gasteiger partial charge in [0.2, 0.25) is 0 Å². The summed E-state index contributed by atoms with van der Waals surface area (Å²) in [5.74, 6) is 0.746. The Morgan fingerprint density at radius 2 is 1.31 bits per heavy atom. The first-order valence-electron chi connectivity index (χ1n) is 10.4. The zero-order valence-corrected chi connectivity index (χ0v) is 18.6. The Labute approximate surface area is 194 Å². The Balaban J connectivity index is 1.56. The number of fused-ring (bicyclic) bond motifs is 3. The molecule has 0 atom stereocenters. The molecule has 6 rings (SSSR count). The van der Waals surface area contributed by atoms with E-state index in [-0.39, 0.29) is 0 Å². The maximum Gasteiger partial charge on any atom is 0.160 e. The van der Waals surface area contributed by atoms with Crippen LogP contribution in [0.3, 0.4) is 0 Å². The number of thiophene rings is 1. The molecule has 6 aromatic rings. The van der Waals surface area contributed by atoms with Crippen LogP contribution >= 0.6 is 22.9 Å². The summed E-state index contributed by atoms with van der Waals surface area (Å²) in [7, 11) is 0. The average molecular weight is 449 g/mol. The number of benzene rings is 4. The van der Waals surface area contributed by atoms with Crippen molar-refractivity contribution in [1.82, 2.24) is 9.97 Å². The van der Waals surface area contributed by atoms with Crippen molar-refractivity contribution in [3.8, 4) is 33.8 Å². The summed E-state index contributed by atoms with van der Waals surface area (Å²) in [5.41, 5.74) is 6.29. The summed E-state index contributed by atoms with van der Waals surface area (Å²) in [6.07, 6.45) is 0. The van der Waals surface area contributed by atoms with E-state index in [9.17, 15) is 0 Å². The fourth-order valence-corrected chi connectivity index (χ4v) is 5.34. The number of hydrogen-bond donors (Lipinski definition) is 0. The SMILES string of the molecule is Clc1cccc(-c2ccc(-c3nc(-c4ccccc4)nc4c3sc3ccccc34)cc2)c1. The van der Waals surface area contributed by atoms with Crippen molar-refractivity contribution >= 4 is 43.2 Å². The second kappa shape index (κ2) is 7.86. The Kier molecular flexibility index (Phi) is 4.71. The standard InChI is InChI=1S/C28H17ClN2S/c29-22-10-6-9-21(17-22)18-13-15-19(16-14-18)25-27-26(23-11-4-5-12-24(23)32-27)31-28(30-25)20-7-2-1-3-8-20/h1-17H. The monoisotopic (exact) mass is 448 g/mol. The summed E-state index contributed by atoms with van der Waals surface area (Å²) >= 11 is 7.93. The van der Waals surface area contributed by atoms with Crippen LogP contribution < -0.4 is 0 Å². The van der Waals surface area contributed by atoms with Crippen LogP contribution in [0.4, 0.5) is 0 Å². The maximum absolute atomic E-state index is 6.19. The average Bonchev–Trinajstić information content (AvgIpc) is 3.23. The molecule has 0 aliphatic carbocycles. The van der Waals surface area contributed by atoms with Gasteiger partial charge in [-0.3, -0.25) is 0 Å². The normalized spacial score (nSPS) is 11.3. The van der Waals surface area contributed by atoms with Gasteiger partial charge in [-0.15, -0.1) is 11.3 Å². The third-order valence-corrected chi connectivity index (χ3v) is 6.97. The van der Waals surface area contributed by atoms with E-state index in [1.165, 1.54) is 10.1 Å². The molecule has 0 aliphatic rings. The topological polar surface area (TPSA) is 25.8 Å². The third kappa shape index (κ3) is 3.36. The van der Waals surface area contributed by atoms with Gasteiger partial charge in [0.15, 0.2) is 5.82 Å². The van der Waals surface area contributed by atoms with Gasteiger partial charge in [-0.05, 0) is 29.3 Å². The van der Waals surface area contributed by atoms with E-state index >= 15 is 0 Å². The Bertz CT molecular complexity index is 1570. The van der Waals surface area contributed by atoms with E-state index in [4.69, 9.17) is 21.6 Å². The molecule has 0 saturated heterocycles. The minimum absolute atomic E-state index is 0.738. The lowest BCUT2D eigenvalue weighted by atomic mass is 10.0. The molecule has 152 valence electrons. The number of nitrogens with zero attached hydrogens (tertiary/aromatic N) is 2. The first kappa shape index (κ1) is 19.2. The molecule has 4 heteroatoms. The highest BCUT2D eigenvalue weighted by Crippen LogP contribution is 2.39. The summed E-state index contributed by atoms with van der Waals surface area (Å²) in [5, 5.41) is 1.91. The molecule has 0 bridgehead atoms. The highest BCUT2D eigenvalue weighted by Gasteiger charge is 2.16. The second-order valence-electron chi connectivity index (χ2n) is 7.63. The van der Waals surface area contributed by atoms with Gasteiger partial charge in [0.05, 0.1) is 15.9 Å². The lowest BCUT2D eigenvalue weighted by molar-refractivity contribution is 1.24. The number of aromatic nitrogens is 2. The van der Waals surface area contributed by atoms with Crippen LogP contribution in [0, 0.1) is 0 Å². The zero-order chi connectivity index (χ0) is 21.5. The van der Waals surface area contributed by atoms with Crippen LogP contribution in [0.15, 0.2) is 103 Å². The molecule has 0 aliphatic heterocycles. The number of hydrogen-bond acceptors (Lipinski definition) is 3. The van der Waals surface area contributed by atoms with Crippen LogP contribution in [0.2, 0.25) is 5.02 Å². The molecule has 0 unspecified atom stereocenters. The molecular formula is C28H17ClN2S. The Morgan fingerprint density at radius 1 is 0.594 bits per heavy atom. The van der Waals surface area contributed by atoms with Gasteiger partial charge in [0, 0.05) is 26.2 Å². The van der Waals surface area contributed by atoms with Crippen LogP contribution in [0.1, 0.15) is 0 Å². The minimum Gasteiger partial charge on any atom is -0.226 e. The maximum atomic E-state index is 6.19. The fourth-order valence-electron chi connectivity index (χ4n) is 3.99. The summed E-state index contributed by atoms with van der Waals surface area (Å²) in [6.45, 7) is 0. The molecule has 0 amide bonds. The zero-order valence-electron chi connectivity index (χ0n) is 17.0. The first-order valence-corrected chi connectivity index (χ1v) is 11.6. The van der Waals surface area contributed by atoms with Crippen molar-refractivity contribution in [1.29, 1.82) is 0 Å². The Hall–Kier alpha value is -3.53. The van der Waals surface area contributed by atoms with Crippen molar-refractivity contribution in [3.63, 3.8) is 0 Å². The molecule has 2 aromatic heterocycles. The summed E-state index contributed by atoms with van der Waals surface area (Å²) in [4.78, 5) is 10.0. The quantitative estimate of drug-likeness (QED) is 0.271. The predicted molar refractivity (Wildman–Crippen MR) is 136 cm³/mol. The lowest BCUT2D eigenvalue weighted by Gasteiger charge is -2.08. The van der Waals surface area contributed by atoms with Crippen LogP contribution in [-0.2, 0) is 0 Å². The number of rotatable bonds is 3. The number of halogens is 1. The van der Waals surface area contributed by atoms with Gasteiger partial charge in [0.1, 0.15) is 0 Å². The van der Waals surface area contributed by atoms with E-state index < -0.39 is 0 Å². The molecule has 0 N–H and O–H groups in total. The largest absolute Gasteiger partial charge is 0.226 e. The van der Waals surface area contributed by atoms with E-state index in [1.54, 1.807) is 11.3 Å². The lowest BCUT2D eigenvalue weighted by Crippen LogP contribution is -1.93. The molecule has 32 heavy (non-hydrogen) atoms. The van der Waals surface area contributed by atoms with E-state index in [0.29, 0.717) is 0 Å². The second-order valence-corrected chi connectivity index (χ2v) is 9.11. The molecule has 2 nitrogen and oxygen atoms in total. The molecular weight excluding hydrogens is 432 g/mol. The van der Waals surface area contributed by atoms with Crippen molar-refractivity contribution < 1.29 is 0 Å². The van der Waals surface area contributed by atoms with E-state index in [0.717, 1.165) is 49.0 Å². The smallest absolute Gasteiger partial charge is 0.160 e. The molecule has 0 fully saturated rings. The molecule has 0 radical (unpaired) electrons. The molecule has 4 aromatic carbocycles. The highest BCUT2D eigenvalue weighted by atomic mass is 35.5.